The lowest BCUT2D eigenvalue weighted by Gasteiger charge is -2.31. The number of amides is 1. The number of carbonyl (C=O) groups is 1. The summed E-state index contributed by atoms with van der Waals surface area (Å²) in [6.45, 7) is 3.69. The van der Waals surface area contributed by atoms with Gasteiger partial charge in [-0.15, -0.1) is 0 Å². The highest BCUT2D eigenvalue weighted by Crippen LogP contribution is 2.20. The minimum atomic E-state index is 0.0167. The second-order valence-electron chi connectivity index (χ2n) is 5.34. The minimum absolute atomic E-state index is 0.0167. The summed E-state index contributed by atoms with van der Waals surface area (Å²) in [5.74, 6) is 0.346. The van der Waals surface area contributed by atoms with E-state index < -0.39 is 0 Å². The Bertz CT molecular complexity index is 471. The number of aliphatic hydroxyl groups excluding tert-OH is 1. The van der Waals surface area contributed by atoms with E-state index in [0.717, 1.165) is 31.4 Å². The molecule has 2 rings (SSSR count). The molecule has 1 N–H and O–H groups in total. The van der Waals surface area contributed by atoms with E-state index in [0.29, 0.717) is 29.7 Å². The molecule has 0 atom stereocenters. The zero-order chi connectivity index (χ0) is 14.5. The maximum Gasteiger partial charge on any atom is 0.254 e. The summed E-state index contributed by atoms with van der Waals surface area (Å²) in [7, 11) is 0. The molecular weight excluding hydrogens is 276 g/mol. The van der Waals surface area contributed by atoms with Crippen LogP contribution in [0.5, 0.6) is 0 Å². The Morgan fingerprint density at radius 2 is 2.15 bits per heavy atom. The van der Waals surface area contributed by atoms with Crippen molar-refractivity contribution in [1.82, 2.24) is 9.88 Å². The molecule has 0 unspecified atom stereocenters. The first kappa shape index (κ1) is 15.3. The van der Waals surface area contributed by atoms with Gasteiger partial charge < -0.3 is 10.0 Å². The average Bonchev–Trinajstić information content (AvgIpc) is 2.46. The molecule has 1 aromatic rings. The monoisotopic (exact) mass is 296 g/mol. The van der Waals surface area contributed by atoms with Crippen LogP contribution >= 0.6 is 11.6 Å². The Balaban J connectivity index is 2.09. The maximum absolute atomic E-state index is 12.5. The number of hydrogen-bond donors (Lipinski definition) is 1. The summed E-state index contributed by atoms with van der Waals surface area (Å²) in [6, 6.07) is 3.48. The van der Waals surface area contributed by atoms with Gasteiger partial charge in [-0.3, -0.25) is 4.79 Å². The van der Waals surface area contributed by atoms with Gasteiger partial charge >= 0.3 is 0 Å². The molecule has 20 heavy (non-hydrogen) atoms. The molecule has 1 fully saturated rings. The molecule has 0 radical (unpaired) electrons. The fourth-order valence-corrected chi connectivity index (χ4v) is 2.79. The number of pyridine rings is 1. The molecule has 1 aliphatic heterocycles. The maximum atomic E-state index is 12.5. The zero-order valence-corrected chi connectivity index (χ0v) is 12.6. The van der Waals surface area contributed by atoms with Crippen molar-refractivity contribution in [3.05, 3.63) is 28.5 Å². The second kappa shape index (κ2) is 7.04. The van der Waals surface area contributed by atoms with E-state index in [1.807, 2.05) is 11.0 Å². The van der Waals surface area contributed by atoms with E-state index in [4.69, 9.17) is 16.7 Å². The van der Waals surface area contributed by atoms with Crippen molar-refractivity contribution in [3.8, 4) is 0 Å². The molecule has 5 heteroatoms. The molecule has 1 amide bonds. The van der Waals surface area contributed by atoms with Gasteiger partial charge in [0, 0.05) is 31.0 Å². The van der Waals surface area contributed by atoms with Crippen molar-refractivity contribution < 1.29 is 9.90 Å². The molecule has 0 bridgehead atoms. The minimum Gasteiger partial charge on any atom is -0.396 e. The van der Waals surface area contributed by atoms with Crippen molar-refractivity contribution in [2.45, 2.75) is 32.6 Å². The van der Waals surface area contributed by atoms with Crippen LogP contribution in [0.3, 0.4) is 0 Å². The molecule has 1 aromatic heterocycles. The van der Waals surface area contributed by atoms with Crippen LogP contribution in [-0.4, -0.2) is 40.6 Å². The highest BCUT2D eigenvalue weighted by molar-refractivity contribution is 6.29. The van der Waals surface area contributed by atoms with Gasteiger partial charge in [0.15, 0.2) is 0 Å². The third-order valence-electron chi connectivity index (χ3n) is 3.76. The highest BCUT2D eigenvalue weighted by Gasteiger charge is 2.23. The Kier molecular flexibility index (Phi) is 5.38. The van der Waals surface area contributed by atoms with Gasteiger partial charge in [0.1, 0.15) is 5.15 Å². The molecule has 2 heterocycles. The first-order valence-electron chi connectivity index (χ1n) is 7.20. The van der Waals surface area contributed by atoms with Gasteiger partial charge in [0.25, 0.3) is 5.91 Å². The molecule has 0 saturated carbocycles. The van der Waals surface area contributed by atoms with Gasteiger partial charge in [0.2, 0.25) is 0 Å². The zero-order valence-electron chi connectivity index (χ0n) is 11.8. The standard InChI is InChI=1S/C15H21ClN2O2/c1-2-3-13-8-12(9-14(16)17-13)15(20)18-6-4-11(10-19)5-7-18/h8-9,11,19H,2-7,10H2,1H3. The van der Waals surface area contributed by atoms with E-state index >= 15 is 0 Å². The number of halogens is 1. The third-order valence-corrected chi connectivity index (χ3v) is 3.95. The lowest BCUT2D eigenvalue weighted by Crippen LogP contribution is -2.39. The number of aryl methyl sites for hydroxylation is 1. The summed E-state index contributed by atoms with van der Waals surface area (Å²) in [4.78, 5) is 18.6. The number of aromatic nitrogens is 1. The van der Waals surface area contributed by atoms with Crippen molar-refractivity contribution in [3.63, 3.8) is 0 Å². The number of rotatable bonds is 4. The number of carbonyl (C=O) groups excluding carboxylic acids is 1. The largest absolute Gasteiger partial charge is 0.396 e. The van der Waals surface area contributed by atoms with Crippen molar-refractivity contribution in [2.75, 3.05) is 19.7 Å². The van der Waals surface area contributed by atoms with E-state index in [-0.39, 0.29) is 12.5 Å². The summed E-state index contributed by atoms with van der Waals surface area (Å²) < 4.78 is 0. The first-order valence-corrected chi connectivity index (χ1v) is 7.58. The number of nitrogens with zero attached hydrogens (tertiary/aromatic N) is 2. The fourth-order valence-electron chi connectivity index (χ4n) is 2.56. The van der Waals surface area contributed by atoms with Crippen LogP contribution in [0.25, 0.3) is 0 Å². The number of aliphatic hydroxyl groups is 1. The number of hydrogen-bond acceptors (Lipinski definition) is 3. The normalized spacial score (nSPS) is 16.4. The Labute approximate surface area is 124 Å². The van der Waals surface area contributed by atoms with Crippen molar-refractivity contribution in [1.29, 1.82) is 0 Å². The van der Waals surface area contributed by atoms with Crippen LogP contribution in [0, 0.1) is 5.92 Å². The van der Waals surface area contributed by atoms with E-state index in [9.17, 15) is 4.79 Å². The molecule has 1 aliphatic rings. The van der Waals surface area contributed by atoms with Gasteiger partial charge in [-0.1, -0.05) is 24.9 Å². The summed E-state index contributed by atoms with van der Waals surface area (Å²) in [6.07, 6.45) is 3.53. The predicted molar refractivity (Wildman–Crippen MR) is 79.0 cm³/mol. The molecule has 4 nitrogen and oxygen atoms in total. The van der Waals surface area contributed by atoms with Crippen LogP contribution in [0.1, 0.15) is 42.2 Å². The van der Waals surface area contributed by atoms with E-state index in [2.05, 4.69) is 11.9 Å². The summed E-state index contributed by atoms with van der Waals surface area (Å²) in [5.41, 5.74) is 1.49. The topological polar surface area (TPSA) is 53.4 Å². The van der Waals surface area contributed by atoms with Crippen LogP contribution in [0.4, 0.5) is 0 Å². The van der Waals surface area contributed by atoms with Crippen molar-refractivity contribution in [2.24, 2.45) is 5.92 Å². The summed E-state index contributed by atoms with van der Waals surface area (Å²) in [5, 5.41) is 9.51. The highest BCUT2D eigenvalue weighted by atomic mass is 35.5. The molecule has 1 saturated heterocycles. The first-order chi connectivity index (χ1) is 9.63. The molecule has 0 spiro atoms. The average molecular weight is 297 g/mol. The Hall–Kier alpha value is -1.13. The number of piperidine rings is 1. The van der Waals surface area contributed by atoms with Crippen LogP contribution in [0.15, 0.2) is 12.1 Å². The fraction of sp³-hybridized carbons (Fsp3) is 0.600. The van der Waals surface area contributed by atoms with E-state index in [1.54, 1.807) is 6.07 Å². The summed E-state index contributed by atoms with van der Waals surface area (Å²) >= 11 is 6.00. The van der Waals surface area contributed by atoms with E-state index in [1.165, 1.54) is 0 Å². The molecular formula is C15H21ClN2O2. The molecule has 0 aliphatic carbocycles. The van der Waals surface area contributed by atoms with Gasteiger partial charge in [0.05, 0.1) is 0 Å². The molecule has 0 aromatic carbocycles. The van der Waals surface area contributed by atoms with Gasteiger partial charge in [-0.25, -0.2) is 4.98 Å². The van der Waals surface area contributed by atoms with Crippen LogP contribution in [-0.2, 0) is 6.42 Å². The van der Waals surface area contributed by atoms with Crippen LogP contribution in [0.2, 0.25) is 5.15 Å². The lowest BCUT2D eigenvalue weighted by molar-refractivity contribution is 0.0650. The third kappa shape index (κ3) is 3.70. The number of likely N-dealkylation sites (tertiary alicyclic amines) is 1. The lowest BCUT2D eigenvalue weighted by atomic mass is 9.97. The van der Waals surface area contributed by atoms with Gasteiger partial charge in [-0.2, -0.15) is 0 Å². The molecule has 110 valence electrons. The second-order valence-corrected chi connectivity index (χ2v) is 5.73. The quantitative estimate of drug-likeness (QED) is 0.869. The smallest absolute Gasteiger partial charge is 0.254 e. The van der Waals surface area contributed by atoms with Crippen molar-refractivity contribution >= 4 is 17.5 Å². The Morgan fingerprint density at radius 3 is 2.75 bits per heavy atom. The SMILES string of the molecule is CCCc1cc(C(=O)N2CCC(CO)CC2)cc(Cl)n1. The van der Waals surface area contributed by atoms with Gasteiger partial charge in [-0.05, 0) is 37.3 Å². The predicted octanol–water partition coefficient (Wildman–Crippen LogP) is 2.53. The van der Waals surface area contributed by atoms with Crippen LogP contribution < -0.4 is 0 Å². The Morgan fingerprint density at radius 1 is 1.45 bits per heavy atom.